The Morgan fingerprint density at radius 2 is 1.76 bits per heavy atom. The number of hydrogen-bond acceptors (Lipinski definition) is 4. The maximum absolute atomic E-state index is 14.9. The van der Waals surface area contributed by atoms with Gasteiger partial charge in [-0.25, -0.2) is 4.79 Å². The number of nitrogens with two attached hydrogens (primary N) is 1. The fourth-order valence-corrected chi connectivity index (χ4v) is 2.95. The van der Waals surface area contributed by atoms with E-state index in [-0.39, 0.29) is 18.9 Å². The van der Waals surface area contributed by atoms with Gasteiger partial charge in [-0.05, 0) is 12.8 Å². The molecule has 7 nitrogen and oxygen atoms in total. The van der Waals surface area contributed by atoms with Gasteiger partial charge in [0.1, 0.15) is 5.82 Å². The smallest absolute Gasteiger partial charge is 0.350 e. The van der Waals surface area contributed by atoms with Crippen molar-refractivity contribution in [1.29, 1.82) is 0 Å². The number of halogens is 2. The van der Waals surface area contributed by atoms with E-state index in [1.807, 2.05) is 13.8 Å². The fourth-order valence-electron chi connectivity index (χ4n) is 2.95. The molecule has 9 heteroatoms. The van der Waals surface area contributed by atoms with Gasteiger partial charge in [0.15, 0.2) is 5.69 Å². The molecule has 0 radical (unpaired) electrons. The number of amides is 1. The number of alkyl halides is 2. The molecule has 29 heavy (non-hydrogen) atoms. The van der Waals surface area contributed by atoms with Gasteiger partial charge in [-0.2, -0.15) is 8.78 Å². The van der Waals surface area contributed by atoms with E-state index in [4.69, 9.17) is 5.73 Å². The van der Waals surface area contributed by atoms with Gasteiger partial charge in [0.25, 0.3) is 5.56 Å². The number of anilines is 2. The van der Waals surface area contributed by atoms with Crippen molar-refractivity contribution in [3.63, 3.8) is 0 Å². The van der Waals surface area contributed by atoms with E-state index in [0.29, 0.717) is 24.2 Å². The first-order valence-corrected chi connectivity index (χ1v) is 9.63. The monoisotopic (exact) mass is 408 g/mol. The molecule has 1 amide bonds. The number of unbranched alkanes of at least 4 members (excludes halogenated alkanes) is 2. The highest BCUT2D eigenvalue weighted by Crippen LogP contribution is 2.32. The minimum atomic E-state index is -3.86. The summed E-state index contributed by atoms with van der Waals surface area (Å²) in [5.74, 6) is -5.71. The van der Waals surface area contributed by atoms with Crippen molar-refractivity contribution in [1.82, 2.24) is 9.55 Å². The van der Waals surface area contributed by atoms with Crippen molar-refractivity contribution >= 4 is 17.4 Å². The van der Waals surface area contributed by atoms with Gasteiger partial charge in [0, 0.05) is 18.7 Å². The number of benzene rings is 1. The number of nitrogens with zero attached hydrogens (tertiary/aromatic N) is 2. The molecule has 0 aliphatic rings. The first kappa shape index (κ1) is 22.3. The lowest BCUT2D eigenvalue weighted by molar-refractivity contribution is -0.143. The minimum Gasteiger partial charge on any atom is -0.383 e. The highest BCUT2D eigenvalue weighted by atomic mass is 19.3. The third-order valence-corrected chi connectivity index (χ3v) is 4.60. The Labute approximate surface area is 167 Å². The number of carbonyl (C=O) groups excluding carboxylic acids is 1. The second kappa shape index (κ2) is 9.49. The van der Waals surface area contributed by atoms with Gasteiger partial charge in [-0.15, -0.1) is 0 Å². The van der Waals surface area contributed by atoms with Crippen LogP contribution in [0.1, 0.15) is 45.1 Å². The summed E-state index contributed by atoms with van der Waals surface area (Å²) in [5.41, 5.74) is 3.42. The van der Waals surface area contributed by atoms with Crippen LogP contribution < -0.4 is 21.9 Å². The topological polar surface area (TPSA) is 101 Å². The highest BCUT2D eigenvalue weighted by Gasteiger charge is 2.45. The Balaban J connectivity index is 2.60. The maximum Gasteiger partial charge on any atom is 0.350 e. The number of rotatable bonds is 9. The molecule has 0 atom stereocenters. The van der Waals surface area contributed by atoms with E-state index in [1.165, 1.54) is 12.1 Å². The van der Waals surface area contributed by atoms with Crippen molar-refractivity contribution in [2.24, 2.45) is 0 Å². The van der Waals surface area contributed by atoms with E-state index in [2.05, 4.69) is 4.98 Å². The second-order valence-electron chi connectivity index (χ2n) is 6.75. The van der Waals surface area contributed by atoms with Crippen LogP contribution in [0.4, 0.5) is 20.3 Å². The summed E-state index contributed by atoms with van der Waals surface area (Å²) in [6, 6.07) is 6.65. The van der Waals surface area contributed by atoms with Crippen LogP contribution in [0.2, 0.25) is 0 Å². The summed E-state index contributed by atoms with van der Waals surface area (Å²) < 4.78 is 31.0. The summed E-state index contributed by atoms with van der Waals surface area (Å²) in [6.45, 7) is 3.81. The molecule has 0 bridgehead atoms. The standard InChI is InChI=1S/C20H26F2N4O3/c1-3-5-12-25(18(28)20(21,22)14-10-8-7-9-11-14)15-16(23)26(13-6-4-2)19(29)24-17(15)27/h7-11H,3-6,12-13,23H2,1-2H3,(H,24,27,29). The lowest BCUT2D eigenvalue weighted by Crippen LogP contribution is -2.47. The summed E-state index contributed by atoms with van der Waals surface area (Å²) in [4.78, 5) is 40.3. The predicted octanol–water partition coefficient (Wildman–Crippen LogP) is 2.84. The Morgan fingerprint density at radius 1 is 1.14 bits per heavy atom. The molecule has 1 aromatic carbocycles. The average Bonchev–Trinajstić information content (AvgIpc) is 2.70. The van der Waals surface area contributed by atoms with Gasteiger partial charge in [-0.3, -0.25) is 24.0 Å². The highest BCUT2D eigenvalue weighted by molar-refractivity contribution is 6.00. The second-order valence-corrected chi connectivity index (χ2v) is 6.75. The molecule has 0 aliphatic heterocycles. The molecule has 0 saturated carbocycles. The normalized spacial score (nSPS) is 11.4. The Hall–Kier alpha value is -2.97. The molecular weight excluding hydrogens is 382 g/mol. The van der Waals surface area contributed by atoms with Gasteiger partial charge in [0.05, 0.1) is 0 Å². The van der Waals surface area contributed by atoms with Crippen LogP contribution in [-0.4, -0.2) is 22.0 Å². The SMILES string of the molecule is CCCCN(C(=O)C(F)(F)c1ccccc1)c1c(N)n(CCCC)c(=O)[nH]c1=O. The van der Waals surface area contributed by atoms with Crippen LogP contribution in [0, 0.1) is 0 Å². The Bertz CT molecular complexity index is 954. The van der Waals surface area contributed by atoms with Crippen LogP contribution in [0.3, 0.4) is 0 Å². The number of aromatic nitrogens is 2. The molecule has 1 heterocycles. The van der Waals surface area contributed by atoms with Crippen molar-refractivity contribution in [3.05, 3.63) is 56.7 Å². The van der Waals surface area contributed by atoms with Gasteiger partial charge in [-0.1, -0.05) is 57.0 Å². The van der Waals surface area contributed by atoms with Crippen LogP contribution >= 0.6 is 0 Å². The summed E-state index contributed by atoms with van der Waals surface area (Å²) in [6.07, 6.45) is 2.33. The zero-order chi connectivity index (χ0) is 21.6. The Kier molecular flexibility index (Phi) is 7.30. The van der Waals surface area contributed by atoms with Crippen LogP contribution in [0.5, 0.6) is 0 Å². The zero-order valence-electron chi connectivity index (χ0n) is 16.6. The molecule has 0 spiro atoms. The molecule has 0 saturated heterocycles. The van der Waals surface area contributed by atoms with E-state index < -0.39 is 34.3 Å². The fraction of sp³-hybridized carbons (Fsp3) is 0.450. The largest absolute Gasteiger partial charge is 0.383 e. The van der Waals surface area contributed by atoms with Crippen LogP contribution in [0.15, 0.2) is 39.9 Å². The molecule has 0 unspecified atom stereocenters. The molecule has 3 N–H and O–H groups in total. The van der Waals surface area contributed by atoms with Crippen molar-refractivity contribution < 1.29 is 13.6 Å². The van der Waals surface area contributed by atoms with Gasteiger partial charge < -0.3 is 5.73 Å². The zero-order valence-corrected chi connectivity index (χ0v) is 16.6. The predicted molar refractivity (Wildman–Crippen MR) is 108 cm³/mol. The molecule has 0 aliphatic carbocycles. The van der Waals surface area contributed by atoms with Gasteiger partial charge >= 0.3 is 17.5 Å². The summed E-state index contributed by atoms with van der Waals surface area (Å²) >= 11 is 0. The van der Waals surface area contributed by atoms with E-state index in [1.54, 1.807) is 6.07 Å². The maximum atomic E-state index is 14.9. The summed E-state index contributed by atoms with van der Waals surface area (Å²) in [7, 11) is 0. The number of nitrogens with one attached hydrogen (secondary N) is 1. The first-order valence-electron chi connectivity index (χ1n) is 9.63. The molecule has 2 aromatic rings. The molecule has 158 valence electrons. The first-order chi connectivity index (χ1) is 13.8. The number of hydrogen-bond donors (Lipinski definition) is 2. The molecule has 0 fully saturated rings. The third kappa shape index (κ3) is 4.72. The Morgan fingerprint density at radius 3 is 2.34 bits per heavy atom. The average molecular weight is 408 g/mol. The number of carbonyl (C=O) groups is 1. The minimum absolute atomic E-state index is 0.128. The van der Waals surface area contributed by atoms with E-state index in [0.717, 1.165) is 23.1 Å². The van der Waals surface area contributed by atoms with E-state index >= 15 is 0 Å². The number of nitrogen functional groups attached to an aromatic ring is 1. The lowest BCUT2D eigenvalue weighted by Gasteiger charge is -2.28. The van der Waals surface area contributed by atoms with Crippen LogP contribution in [-0.2, 0) is 17.3 Å². The quantitative estimate of drug-likeness (QED) is 0.666. The molecule has 1 aromatic heterocycles. The van der Waals surface area contributed by atoms with Crippen molar-refractivity contribution in [2.45, 2.75) is 52.0 Å². The third-order valence-electron chi connectivity index (χ3n) is 4.60. The van der Waals surface area contributed by atoms with Crippen LogP contribution in [0.25, 0.3) is 0 Å². The molecular formula is C20H26F2N4O3. The molecule has 2 rings (SSSR count). The van der Waals surface area contributed by atoms with E-state index in [9.17, 15) is 23.2 Å². The lowest BCUT2D eigenvalue weighted by atomic mass is 10.1. The number of H-pyrrole nitrogens is 1. The van der Waals surface area contributed by atoms with Crippen molar-refractivity contribution in [2.75, 3.05) is 17.2 Å². The van der Waals surface area contributed by atoms with Gasteiger partial charge in [0.2, 0.25) is 0 Å². The summed E-state index contributed by atoms with van der Waals surface area (Å²) in [5, 5.41) is 0. The van der Waals surface area contributed by atoms with Crippen molar-refractivity contribution in [3.8, 4) is 0 Å². The number of aromatic amines is 1.